The maximum Gasteiger partial charge on any atom is 0.187 e. The molecule has 0 aromatic rings. The van der Waals surface area contributed by atoms with E-state index in [1.54, 1.807) is 0 Å². The lowest BCUT2D eigenvalue weighted by Gasteiger charge is -2.50. The van der Waals surface area contributed by atoms with Gasteiger partial charge in [-0.25, -0.2) is 0 Å². The van der Waals surface area contributed by atoms with Gasteiger partial charge in [-0.15, -0.1) is 0 Å². The fourth-order valence-electron chi connectivity index (χ4n) is 11.0. The summed E-state index contributed by atoms with van der Waals surface area (Å²) < 4.78 is 87.1. The Balaban J connectivity index is 1.10. The monoisotopic (exact) mass is 1210 g/mol. The van der Waals surface area contributed by atoms with Crippen LogP contribution in [0.1, 0.15) is 12.8 Å². The Morgan fingerprint density at radius 3 is 0.646 bits per heavy atom. The van der Waals surface area contributed by atoms with E-state index in [1.165, 1.54) is 0 Å². The topological polar surface area (TPSA) is 569 Å². The van der Waals surface area contributed by atoms with Gasteiger partial charge in [0.1, 0.15) is 171 Å². The Labute approximate surface area is 465 Å². The summed E-state index contributed by atoms with van der Waals surface area (Å²) in [7, 11) is 0. The van der Waals surface area contributed by atoms with Gasteiger partial charge in [-0.3, -0.25) is 0 Å². The van der Waals surface area contributed by atoms with Crippen molar-refractivity contribution in [3.63, 3.8) is 0 Å². The zero-order valence-corrected chi connectivity index (χ0v) is 43.6. The molecule has 15 aliphatic heterocycles. The van der Waals surface area contributed by atoms with Gasteiger partial charge < -0.3 is 179 Å². The molecule has 15 saturated heterocycles. The van der Waals surface area contributed by atoms with Crippen LogP contribution in [0.2, 0.25) is 0 Å². The third kappa shape index (κ3) is 13.6. The highest BCUT2D eigenvalue weighted by Gasteiger charge is 2.60. The first-order chi connectivity index (χ1) is 39.2. The van der Waals surface area contributed by atoms with Crippen molar-refractivity contribution in [1.29, 1.82) is 0 Å². The third-order valence-corrected chi connectivity index (χ3v) is 15.7. The van der Waals surface area contributed by atoms with Gasteiger partial charge in [0.15, 0.2) is 44.0 Å². The molecule has 22 N–H and O–H groups in total. The molecule has 0 spiro atoms. The van der Waals surface area contributed by atoms with Gasteiger partial charge in [0.05, 0.1) is 46.2 Å². The Bertz CT molecular complexity index is 1920. The standard InChI is InChI=1S/C46H79NO35/c47-3-1-2-4-68-39-31(67)38-18(11-54)75-46(39)82-37-17(10-53)74-44(30(66)24(37)60)80-35-15(8-51)72-42(28(64)22(35)58)78-33-13(6-49)70-40(26(62)20(33)56)76-32-12(5-48)69-41(25(61)19(32)55)77-34-14(7-50)71-43(27(63)21(34)57)79-36-16(9-52)73-45(81-38)29(65)23(36)59/h12-46,48-67H,1-11,47H2/t12-,13-,14-,15-,16-,17-,18-,19-,20+,21-,22+,23-,24+,25-,26-,27-,28+,29-,30+,31+,32-,33-,34-,35-,36-,37-,38-,39-,40-,41-,42-,43-,44-,45-,46-/m1/s1. The molecule has 0 amide bonds. The van der Waals surface area contributed by atoms with Gasteiger partial charge in [-0.05, 0) is 19.4 Å². The first kappa shape index (κ1) is 66.5. The average molecular weight is 1210 g/mol. The molecule has 15 fully saturated rings. The predicted molar refractivity (Wildman–Crippen MR) is 250 cm³/mol. The number of hydrogen-bond acceptors (Lipinski definition) is 36. The third-order valence-electron chi connectivity index (χ3n) is 15.7. The summed E-state index contributed by atoms with van der Waals surface area (Å²) in [5.74, 6) is 0. The molecular formula is C46H79NO35. The molecule has 15 rings (SSSR count). The summed E-state index contributed by atoms with van der Waals surface area (Å²) in [5.41, 5.74) is 5.66. The van der Waals surface area contributed by atoms with Crippen LogP contribution in [-0.4, -0.2) is 376 Å². The SMILES string of the molecule is NCCCCO[C@H]1[C@H]2O[C@H]3[C@@H](O)[C@H](O)[C@@H](O[C@H]4[C@@H](O)[C@H](O)[C@@H](O[C@H]5[C@@H](O)[C@@H](O)[C@@H](O[C@H]6[C@H](O)[C@@H](O)[C@@H](O[C@H]7[C@H](O)[C@@H](O)[C@@H](O[C@H]8[C@H](O)[C@@H](O)[C@@H](O[C@@H]([C@@H]1O)[C@@H](CO)O2)O[C@@H]8CO)O[C@@H]7CO)O[C@@H]6CO)O[C@@H]5CO)O[C@@H]4CO)O[C@@H]3CO. The molecule has 478 valence electrons. The second-order valence-electron chi connectivity index (χ2n) is 21.0. The van der Waals surface area contributed by atoms with Crippen LogP contribution in [0.4, 0.5) is 0 Å². The number of nitrogens with two attached hydrogens (primary N) is 1. The number of fused-ring (bicyclic) bond motifs is 7. The number of unbranched alkanes of at least 4 members (excludes halogenated alkanes) is 1. The Morgan fingerprint density at radius 1 is 0.244 bits per heavy atom. The zero-order chi connectivity index (χ0) is 59.6. The van der Waals surface area contributed by atoms with Crippen LogP contribution in [-0.2, 0) is 71.1 Å². The van der Waals surface area contributed by atoms with E-state index in [1.807, 2.05) is 0 Å². The van der Waals surface area contributed by atoms with Crippen LogP contribution in [0.15, 0.2) is 0 Å². The molecule has 82 heavy (non-hydrogen) atoms. The zero-order valence-electron chi connectivity index (χ0n) is 43.6. The molecule has 0 saturated carbocycles. The number of ether oxygens (including phenoxy) is 15. The fourth-order valence-corrected chi connectivity index (χ4v) is 11.0. The lowest BCUT2D eigenvalue weighted by atomic mass is 9.95. The summed E-state index contributed by atoms with van der Waals surface area (Å²) in [6, 6.07) is 0. The highest BCUT2D eigenvalue weighted by atomic mass is 16.8. The smallest absolute Gasteiger partial charge is 0.187 e. The summed E-state index contributed by atoms with van der Waals surface area (Å²) >= 11 is 0. The van der Waals surface area contributed by atoms with E-state index in [0.29, 0.717) is 6.42 Å². The normalized spacial score (nSPS) is 52.7. The lowest BCUT2D eigenvalue weighted by molar-refractivity contribution is -0.398. The molecule has 0 unspecified atom stereocenters. The fraction of sp³-hybridized carbons (Fsp3) is 1.00. The van der Waals surface area contributed by atoms with Crippen LogP contribution in [0, 0.1) is 0 Å². The second kappa shape index (κ2) is 29.3. The second-order valence-corrected chi connectivity index (χ2v) is 21.0. The van der Waals surface area contributed by atoms with Crippen molar-refractivity contribution < 1.29 is 173 Å². The Kier molecular flexibility index (Phi) is 23.7. The van der Waals surface area contributed by atoms with Crippen LogP contribution in [0.25, 0.3) is 0 Å². The molecule has 35 atom stereocenters. The van der Waals surface area contributed by atoms with Gasteiger partial charge in [-0.1, -0.05) is 0 Å². The maximum atomic E-state index is 12.0. The van der Waals surface area contributed by atoms with E-state index in [4.69, 9.17) is 76.8 Å². The molecule has 15 aliphatic rings. The van der Waals surface area contributed by atoms with Crippen molar-refractivity contribution in [2.24, 2.45) is 5.73 Å². The number of aliphatic hydroxyl groups is 20. The molecule has 0 aromatic carbocycles. The number of aliphatic hydroxyl groups excluding tert-OH is 20. The van der Waals surface area contributed by atoms with Crippen molar-refractivity contribution in [2.45, 2.75) is 228 Å². The van der Waals surface area contributed by atoms with Crippen molar-refractivity contribution in [2.75, 3.05) is 59.4 Å². The molecule has 0 aliphatic carbocycles. The molecule has 36 heteroatoms. The highest BCUT2D eigenvalue weighted by Crippen LogP contribution is 2.39. The van der Waals surface area contributed by atoms with Crippen molar-refractivity contribution in [3.8, 4) is 0 Å². The van der Waals surface area contributed by atoms with Gasteiger partial charge in [0, 0.05) is 6.61 Å². The highest BCUT2D eigenvalue weighted by molar-refractivity contribution is 5.02. The van der Waals surface area contributed by atoms with Crippen LogP contribution < -0.4 is 5.73 Å². The largest absolute Gasteiger partial charge is 0.394 e. The predicted octanol–water partition coefficient (Wildman–Crippen LogP) is -14.5. The Hall–Kier alpha value is -1.44. The van der Waals surface area contributed by atoms with Crippen LogP contribution in [0.5, 0.6) is 0 Å². The first-order valence-electron chi connectivity index (χ1n) is 26.8. The van der Waals surface area contributed by atoms with Crippen LogP contribution >= 0.6 is 0 Å². The summed E-state index contributed by atoms with van der Waals surface area (Å²) in [6.07, 6.45) is -68.1. The molecule has 0 radical (unpaired) electrons. The molecule has 0 aromatic heterocycles. The van der Waals surface area contributed by atoms with E-state index in [-0.39, 0.29) is 19.6 Å². The van der Waals surface area contributed by atoms with E-state index < -0.39 is 261 Å². The lowest BCUT2D eigenvalue weighted by Crippen LogP contribution is -2.68. The summed E-state index contributed by atoms with van der Waals surface area (Å²) in [6.45, 7) is -7.14. The average Bonchev–Trinajstić information content (AvgIpc) is 3.20. The van der Waals surface area contributed by atoms with Gasteiger partial charge in [0.2, 0.25) is 0 Å². The molecule has 36 nitrogen and oxygen atoms in total. The quantitative estimate of drug-likeness (QED) is 0.0807. The minimum Gasteiger partial charge on any atom is -0.394 e. The molecular weight excluding hydrogens is 1130 g/mol. The van der Waals surface area contributed by atoms with E-state index in [0.717, 1.165) is 0 Å². The van der Waals surface area contributed by atoms with Crippen molar-refractivity contribution in [1.82, 2.24) is 0 Å². The summed E-state index contributed by atoms with van der Waals surface area (Å²) in [5, 5.41) is 222. The van der Waals surface area contributed by atoms with Crippen LogP contribution in [0.3, 0.4) is 0 Å². The molecule has 14 bridgehead atoms. The number of rotatable bonds is 12. The van der Waals surface area contributed by atoms with Crippen molar-refractivity contribution in [3.05, 3.63) is 0 Å². The van der Waals surface area contributed by atoms with Gasteiger partial charge in [-0.2, -0.15) is 0 Å². The summed E-state index contributed by atoms with van der Waals surface area (Å²) in [4.78, 5) is 0. The minimum absolute atomic E-state index is 0.154. The first-order valence-corrected chi connectivity index (χ1v) is 26.8. The van der Waals surface area contributed by atoms with E-state index >= 15 is 0 Å². The van der Waals surface area contributed by atoms with E-state index in [2.05, 4.69) is 0 Å². The van der Waals surface area contributed by atoms with E-state index in [9.17, 15) is 102 Å². The molecule has 15 heterocycles. The number of hydrogen-bond donors (Lipinski definition) is 21. The van der Waals surface area contributed by atoms with Gasteiger partial charge >= 0.3 is 0 Å². The van der Waals surface area contributed by atoms with Crippen molar-refractivity contribution >= 4 is 0 Å². The van der Waals surface area contributed by atoms with Gasteiger partial charge in [0.25, 0.3) is 0 Å². The Morgan fingerprint density at radius 2 is 0.439 bits per heavy atom. The maximum absolute atomic E-state index is 12.0. The minimum atomic E-state index is -2.21.